The molecule has 23 heavy (non-hydrogen) atoms. The Bertz CT molecular complexity index is 691. The molecular formula is C16H18FN3O2S. The summed E-state index contributed by atoms with van der Waals surface area (Å²) < 4.78 is 19.1. The highest BCUT2D eigenvalue weighted by molar-refractivity contribution is 7.15. The lowest BCUT2D eigenvalue weighted by molar-refractivity contribution is -0.132. The Morgan fingerprint density at radius 2 is 2.35 bits per heavy atom. The minimum absolute atomic E-state index is 0.191. The average molecular weight is 335 g/mol. The van der Waals surface area contributed by atoms with E-state index in [-0.39, 0.29) is 11.7 Å². The SMILES string of the molecule is CN1CCO[C@@H](C(=O)Nc2ncc(Cc3ccccc3F)s2)C1. The number of amides is 1. The van der Waals surface area contributed by atoms with Gasteiger partial charge in [-0.3, -0.25) is 10.1 Å². The zero-order valence-electron chi connectivity index (χ0n) is 12.8. The van der Waals surface area contributed by atoms with E-state index < -0.39 is 6.10 Å². The van der Waals surface area contributed by atoms with Gasteiger partial charge < -0.3 is 9.64 Å². The van der Waals surface area contributed by atoms with Gasteiger partial charge in [0.2, 0.25) is 0 Å². The number of hydrogen-bond donors (Lipinski definition) is 1. The van der Waals surface area contributed by atoms with Gasteiger partial charge in [0.25, 0.3) is 5.91 Å². The number of rotatable bonds is 4. The summed E-state index contributed by atoms with van der Waals surface area (Å²) in [6.45, 7) is 1.94. The van der Waals surface area contributed by atoms with Gasteiger partial charge in [0, 0.05) is 30.6 Å². The van der Waals surface area contributed by atoms with Crippen LogP contribution in [0.25, 0.3) is 0 Å². The standard InChI is InChI=1S/C16H18FN3O2S/c1-20-6-7-22-14(10-20)15(21)19-16-18-9-12(23-16)8-11-4-2-3-5-13(11)17/h2-5,9,14H,6-8,10H2,1H3,(H,18,19,21)/t14-/m1/s1. The first-order chi connectivity index (χ1) is 11.1. The normalized spacial score (nSPS) is 18.8. The van der Waals surface area contributed by atoms with E-state index in [0.717, 1.165) is 11.4 Å². The predicted molar refractivity (Wildman–Crippen MR) is 87.2 cm³/mol. The molecule has 3 rings (SSSR count). The number of ether oxygens (including phenoxy) is 1. The Balaban J connectivity index is 1.61. The topological polar surface area (TPSA) is 54.5 Å². The monoisotopic (exact) mass is 335 g/mol. The van der Waals surface area contributed by atoms with Gasteiger partial charge in [-0.15, -0.1) is 11.3 Å². The Hall–Kier alpha value is -1.83. The van der Waals surface area contributed by atoms with Crippen LogP contribution in [0, 0.1) is 5.82 Å². The van der Waals surface area contributed by atoms with Crippen molar-refractivity contribution in [3.8, 4) is 0 Å². The van der Waals surface area contributed by atoms with Gasteiger partial charge >= 0.3 is 0 Å². The first-order valence-electron chi connectivity index (χ1n) is 7.41. The third-order valence-corrected chi connectivity index (χ3v) is 4.58. The number of halogens is 1. The molecule has 1 aromatic carbocycles. The zero-order chi connectivity index (χ0) is 16.2. The Morgan fingerprint density at radius 1 is 1.52 bits per heavy atom. The zero-order valence-corrected chi connectivity index (χ0v) is 13.6. The van der Waals surface area contributed by atoms with E-state index in [9.17, 15) is 9.18 Å². The van der Waals surface area contributed by atoms with Crippen molar-refractivity contribution in [2.75, 3.05) is 32.1 Å². The maximum atomic E-state index is 13.7. The Labute approximate surface area is 138 Å². The van der Waals surface area contributed by atoms with E-state index >= 15 is 0 Å². The quantitative estimate of drug-likeness (QED) is 0.930. The molecule has 1 aliphatic rings. The van der Waals surface area contributed by atoms with Crippen molar-refractivity contribution in [3.63, 3.8) is 0 Å². The van der Waals surface area contributed by atoms with Gasteiger partial charge in [-0.2, -0.15) is 0 Å². The summed E-state index contributed by atoms with van der Waals surface area (Å²) >= 11 is 1.35. The van der Waals surface area contributed by atoms with Gasteiger partial charge in [-0.05, 0) is 18.7 Å². The maximum absolute atomic E-state index is 13.7. The van der Waals surface area contributed by atoms with Crippen LogP contribution in [0.4, 0.5) is 9.52 Å². The largest absolute Gasteiger partial charge is 0.366 e. The van der Waals surface area contributed by atoms with Crippen molar-refractivity contribution in [2.24, 2.45) is 0 Å². The van der Waals surface area contributed by atoms with Crippen LogP contribution in [0.2, 0.25) is 0 Å². The predicted octanol–water partition coefficient (Wildman–Crippen LogP) is 2.14. The summed E-state index contributed by atoms with van der Waals surface area (Å²) in [5, 5.41) is 3.29. The lowest BCUT2D eigenvalue weighted by Crippen LogP contribution is -2.46. The van der Waals surface area contributed by atoms with Crippen LogP contribution in [0.3, 0.4) is 0 Å². The lowest BCUT2D eigenvalue weighted by Gasteiger charge is -2.28. The van der Waals surface area contributed by atoms with E-state index in [1.165, 1.54) is 17.4 Å². The molecule has 1 amide bonds. The molecular weight excluding hydrogens is 317 g/mol. The van der Waals surface area contributed by atoms with E-state index in [4.69, 9.17) is 4.74 Å². The molecule has 1 atom stereocenters. The Morgan fingerprint density at radius 3 is 3.13 bits per heavy atom. The molecule has 2 heterocycles. The summed E-state index contributed by atoms with van der Waals surface area (Å²) in [6.07, 6.45) is 1.65. The van der Waals surface area contributed by atoms with Gasteiger partial charge in [0.05, 0.1) is 6.61 Å². The summed E-state index contributed by atoms with van der Waals surface area (Å²) in [4.78, 5) is 19.3. The molecule has 2 aromatic rings. The van der Waals surface area contributed by atoms with Gasteiger partial charge in [0.15, 0.2) is 5.13 Å². The molecule has 122 valence electrons. The lowest BCUT2D eigenvalue weighted by atomic mass is 10.1. The summed E-state index contributed by atoms with van der Waals surface area (Å²) in [5.41, 5.74) is 0.617. The third-order valence-electron chi connectivity index (χ3n) is 3.67. The first-order valence-corrected chi connectivity index (χ1v) is 8.22. The number of anilines is 1. The van der Waals surface area contributed by atoms with Crippen molar-refractivity contribution >= 4 is 22.4 Å². The number of nitrogens with zero attached hydrogens (tertiary/aromatic N) is 2. The number of likely N-dealkylation sites (N-methyl/N-ethyl adjacent to an activating group) is 1. The molecule has 5 nitrogen and oxygen atoms in total. The summed E-state index contributed by atoms with van der Waals surface area (Å²) in [5.74, 6) is -0.423. The number of carbonyl (C=O) groups is 1. The van der Waals surface area contributed by atoms with Crippen molar-refractivity contribution < 1.29 is 13.9 Å². The maximum Gasteiger partial charge on any atom is 0.256 e. The smallest absolute Gasteiger partial charge is 0.256 e. The second-order valence-corrected chi connectivity index (χ2v) is 6.63. The molecule has 0 unspecified atom stereocenters. The van der Waals surface area contributed by atoms with Crippen molar-refractivity contribution in [3.05, 3.63) is 46.7 Å². The molecule has 0 radical (unpaired) electrons. The molecule has 0 saturated carbocycles. The third kappa shape index (κ3) is 4.13. The number of hydrogen-bond acceptors (Lipinski definition) is 5. The molecule has 1 fully saturated rings. The summed E-state index contributed by atoms with van der Waals surface area (Å²) in [7, 11) is 1.96. The van der Waals surface area contributed by atoms with Crippen molar-refractivity contribution in [1.82, 2.24) is 9.88 Å². The van der Waals surface area contributed by atoms with Gasteiger partial charge in [-0.1, -0.05) is 18.2 Å². The molecule has 0 spiro atoms. The number of nitrogens with one attached hydrogen (secondary N) is 1. The molecule has 1 aliphatic heterocycles. The van der Waals surface area contributed by atoms with Crippen molar-refractivity contribution in [2.45, 2.75) is 12.5 Å². The number of carbonyl (C=O) groups excluding carboxylic acids is 1. The molecule has 1 N–H and O–H groups in total. The fourth-order valence-corrected chi connectivity index (χ4v) is 3.24. The average Bonchev–Trinajstić information content (AvgIpc) is 2.97. The van der Waals surface area contributed by atoms with E-state index in [2.05, 4.69) is 15.2 Å². The number of morpholine rings is 1. The molecule has 1 saturated heterocycles. The minimum Gasteiger partial charge on any atom is -0.366 e. The van der Waals surface area contributed by atoms with Crippen LogP contribution in [0.1, 0.15) is 10.4 Å². The number of benzene rings is 1. The van der Waals surface area contributed by atoms with Gasteiger partial charge in [-0.25, -0.2) is 9.37 Å². The molecule has 1 aromatic heterocycles. The van der Waals surface area contributed by atoms with Crippen LogP contribution in [-0.4, -0.2) is 48.6 Å². The second kappa shape index (κ2) is 7.16. The van der Waals surface area contributed by atoms with E-state index in [0.29, 0.717) is 30.3 Å². The van der Waals surface area contributed by atoms with Crippen LogP contribution >= 0.6 is 11.3 Å². The Kier molecular flexibility index (Phi) is 5.00. The minimum atomic E-state index is -0.479. The highest BCUT2D eigenvalue weighted by Gasteiger charge is 2.25. The fourth-order valence-electron chi connectivity index (χ4n) is 2.40. The number of aromatic nitrogens is 1. The highest BCUT2D eigenvalue weighted by atomic mass is 32.1. The highest BCUT2D eigenvalue weighted by Crippen LogP contribution is 2.22. The molecule has 0 aliphatic carbocycles. The van der Waals surface area contributed by atoms with Crippen LogP contribution < -0.4 is 5.32 Å². The summed E-state index contributed by atoms with van der Waals surface area (Å²) in [6, 6.07) is 6.66. The number of thiazole rings is 1. The molecule has 0 bridgehead atoms. The van der Waals surface area contributed by atoms with Crippen molar-refractivity contribution in [1.29, 1.82) is 0 Å². The van der Waals surface area contributed by atoms with Gasteiger partial charge in [0.1, 0.15) is 11.9 Å². The van der Waals surface area contributed by atoms with Crippen LogP contribution in [-0.2, 0) is 16.0 Å². The van der Waals surface area contributed by atoms with E-state index in [1.54, 1.807) is 24.4 Å². The first kappa shape index (κ1) is 16.0. The van der Waals surface area contributed by atoms with Crippen LogP contribution in [0.15, 0.2) is 30.5 Å². The van der Waals surface area contributed by atoms with Crippen LogP contribution in [0.5, 0.6) is 0 Å². The van der Waals surface area contributed by atoms with E-state index in [1.807, 2.05) is 7.05 Å². The fraction of sp³-hybridized carbons (Fsp3) is 0.375. The molecule has 7 heteroatoms. The second-order valence-electron chi connectivity index (χ2n) is 5.51.